The molecule has 1 aliphatic heterocycles. The maximum Gasteiger partial charge on any atom is 0.302 e. The molecule has 0 aromatic heterocycles. The summed E-state index contributed by atoms with van der Waals surface area (Å²) in [4.78, 5) is 11.5. The first-order chi connectivity index (χ1) is 17.9. The van der Waals surface area contributed by atoms with Gasteiger partial charge in [0, 0.05) is 37.0 Å². The van der Waals surface area contributed by atoms with Crippen LogP contribution in [0.15, 0.2) is 67.3 Å². The molecule has 2 aromatic carbocycles. The fourth-order valence-electron chi connectivity index (χ4n) is 4.26. The number of hydrogen-bond donors (Lipinski definition) is 1. The Morgan fingerprint density at radius 2 is 2.00 bits per heavy atom. The molecule has 2 aromatic rings. The first-order valence-corrected chi connectivity index (χ1v) is 13.1. The zero-order valence-corrected chi connectivity index (χ0v) is 22.3. The lowest BCUT2D eigenvalue weighted by atomic mass is 9.93. The molecule has 0 amide bonds. The molecule has 3 unspecified atom stereocenters. The Morgan fingerprint density at radius 3 is 2.70 bits per heavy atom. The third-order valence-corrected chi connectivity index (χ3v) is 6.55. The van der Waals surface area contributed by atoms with Gasteiger partial charge in [-0.2, -0.15) is 0 Å². The number of unbranched alkanes of at least 4 members (excludes halogenated alkanes) is 1. The predicted molar refractivity (Wildman–Crippen MR) is 145 cm³/mol. The lowest BCUT2D eigenvalue weighted by Gasteiger charge is -2.36. The quantitative estimate of drug-likeness (QED) is 0.180. The van der Waals surface area contributed by atoms with Crippen molar-refractivity contribution in [1.29, 1.82) is 0 Å². The van der Waals surface area contributed by atoms with Gasteiger partial charge in [-0.25, -0.2) is 0 Å². The van der Waals surface area contributed by atoms with Crippen LogP contribution in [0.3, 0.4) is 0 Å². The normalized spacial score (nSPS) is 19.3. The van der Waals surface area contributed by atoms with E-state index in [1.165, 1.54) is 6.92 Å². The molecule has 0 aliphatic carbocycles. The Morgan fingerprint density at radius 1 is 1.22 bits per heavy atom. The van der Waals surface area contributed by atoms with Crippen molar-refractivity contribution in [3.8, 4) is 5.75 Å². The SMILES string of the molecule is C=CC(=C)Cc1cc(C2CC(OCc3ccccc3)CC(COC(C)=O)O2)c(OCCCCO)cc1Cl. The summed E-state index contributed by atoms with van der Waals surface area (Å²) in [6, 6.07) is 13.8. The van der Waals surface area contributed by atoms with Crippen LogP contribution in [0.2, 0.25) is 5.02 Å². The number of halogens is 1. The first kappa shape index (κ1) is 28.9. The third kappa shape index (κ3) is 9.31. The lowest BCUT2D eigenvalue weighted by molar-refractivity contribution is -0.160. The van der Waals surface area contributed by atoms with Gasteiger partial charge >= 0.3 is 5.97 Å². The maximum atomic E-state index is 11.5. The van der Waals surface area contributed by atoms with Crippen LogP contribution < -0.4 is 4.74 Å². The van der Waals surface area contributed by atoms with Gasteiger partial charge in [-0.1, -0.05) is 66.7 Å². The summed E-state index contributed by atoms with van der Waals surface area (Å²) >= 11 is 6.62. The molecule has 0 bridgehead atoms. The van der Waals surface area contributed by atoms with Crippen molar-refractivity contribution >= 4 is 17.6 Å². The number of esters is 1. The van der Waals surface area contributed by atoms with E-state index in [2.05, 4.69) is 13.2 Å². The summed E-state index contributed by atoms with van der Waals surface area (Å²) in [5.74, 6) is 0.285. The average Bonchev–Trinajstić information content (AvgIpc) is 2.90. The van der Waals surface area contributed by atoms with Gasteiger partial charge in [0.2, 0.25) is 0 Å². The van der Waals surface area contributed by atoms with Crippen LogP contribution in [-0.2, 0) is 32.0 Å². The molecule has 1 N–H and O–H groups in total. The van der Waals surface area contributed by atoms with E-state index >= 15 is 0 Å². The highest BCUT2D eigenvalue weighted by Gasteiger charge is 2.34. The Kier molecular flexibility index (Phi) is 11.7. The molecule has 0 spiro atoms. The number of rotatable bonds is 14. The van der Waals surface area contributed by atoms with Crippen LogP contribution in [0.1, 0.15) is 55.4 Å². The third-order valence-electron chi connectivity index (χ3n) is 6.20. The molecule has 1 heterocycles. The highest BCUT2D eigenvalue weighted by atomic mass is 35.5. The number of ether oxygens (including phenoxy) is 4. The van der Waals surface area contributed by atoms with Gasteiger partial charge in [-0.3, -0.25) is 4.79 Å². The Labute approximate surface area is 224 Å². The van der Waals surface area contributed by atoms with Gasteiger partial charge in [0.25, 0.3) is 0 Å². The molecule has 1 fully saturated rings. The van der Waals surface area contributed by atoms with E-state index in [9.17, 15) is 4.79 Å². The van der Waals surface area contributed by atoms with E-state index in [0.29, 0.717) is 56.1 Å². The average molecular weight is 529 g/mol. The molecular formula is C30H37ClO6. The van der Waals surface area contributed by atoms with E-state index in [-0.39, 0.29) is 37.5 Å². The zero-order chi connectivity index (χ0) is 26.6. The molecule has 1 saturated heterocycles. The van der Waals surface area contributed by atoms with Crippen molar-refractivity contribution in [3.05, 3.63) is 89.0 Å². The molecule has 37 heavy (non-hydrogen) atoms. The van der Waals surface area contributed by atoms with Crippen molar-refractivity contribution in [3.63, 3.8) is 0 Å². The van der Waals surface area contributed by atoms with Gasteiger partial charge in [-0.05, 0) is 42.5 Å². The summed E-state index contributed by atoms with van der Waals surface area (Å²) in [6.07, 6.45) is 4.07. The van der Waals surface area contributed by atoms with Crippen LogP contribution in [-0.4, -0.2) is 43.1 Å². The van der Waals surface area contributed by atoms with E-state index in [1.807, 2.05) is 42.5 Å². The predicted octanol–water partition coefficient (Wildman–Crippen LogP) is 6.14. The fraction of sp³-hybridized carbons (Fsp3) is 0.433. The number of allylic oxidation sites excluding steroid dienone is 2. The highest BCUT2D eigenvalue weighted by Crippen LogP contribution is 2.40. The molecule has 3 atom stereocenters. The number of carbonyl (C=O) groups is 1. The lowest BCUT2D eigenvalue weighted by Crippen LogP contribution is -2.36. The minimum atomic E-state index is -0.351. The standard InChI is InChI=1S/C30H37ClO6/c1-4-21(2)14-24-15-27(29(18-28(24)31)34-13-9-8-12-32)30-17-25(16-26(37-30)20-35-22(3)33)36-19-23-10-6-5-7-11-23/h4-7,10-11,15,18,25-26,30,32H,1-2,8-9,12-14,16-17,19-20H2,3H3. The Bertz CT molecular complexity index is 1040. The van der Waals surface area contributed by atoms with Crippen LogP contribution in [0, 0.1) is 0 Å². The van der Waals surface area contributed by atoms with Crippen molar-refractivity contribution in [1.82, 2.24) is 0 Å². The smallest absolute Gasteiger partial charge is 0.302 e. The molecule has 0 radical (unpaired) electrons. The summed E-state index contributed by atoms with van der Waals surface area (Å²) < 4.78 is 24.1. The monoisotopic (exact) mass is 528 g/mol. The Hall–Kier alpha value is -2.64. The van der Waals surface area contributed by atoms with Crippen LogP contribution in [0.5, 0.6) is 5.75 Å². The zero-order valence-electron chi connectivity index (χ0n) is 21.5. The number of carbonyl (C=O) groups excluding carboxylic acids is 1. The molecule has 0 saturated carbocycles. The van der Waals surface area contributed by atoms with Crippen LogP contribution >= 0.6 is 11.6 Å². The summed E-state index contributed by atoms with van der Waals surface area (Å²) in [6.45, 7) is 10.4. The van der Waals surface area contributed by atoms with Gasteiger partial charge in [0.1, 0.15) is 12.4 Å². The molecule has 6 nitrogen and oxygen atoms in total. The first-order valence-electron chi connectivity index (χ1n) is 12.7. The number of aliphatic hydroxyl groups excluding tert-OH is 1. The van der Waals surface area contributed by atoms with Crippen molar-refractivity contribution in [2.45, 2.75) is 63.9 Å². The summed E-state index contributed by atoms with van der Waals surface area (Å²) in [7, 11) is 0. The summed E-state index contributed by atoms with van der Waals surface area (Å²) in [5.41, 5.74) is 3.70. The Balaban J connectivity index is 1.87. The largest absolute Gasteiger partial charge is 0.493 e. The minimum absolute atomic E-state index is 0.107. The molecule has 200 valence electrons. The van der Waals surface area contributed by atoms with Gasteiger partial charge in [0.05, 0.1) is 31.5 Å². The second-order valence-corrected chi connectivity index (χ2v) is 9.65. The fourth-order valence-corrected chi connectivity index (χ4v) is 4.48. The van der Waals surface area contributed by atoms with E-state index in [1.54, 1.807) is 6.08 Å². The molecular weight excluding hydrogens is 492 g/mol. The molecule has 1 aliphatic rings. The van der Waals surface area contributed by atoms with Crippen molar-refractivity contribution in [2.75, 3.05) is 19.8 Å². The van der Waals surface area contributed by atoms with E-state index < -0.39 is 0 Å². The van der Waals surface area contributed by atoms with E-state index in [0.717, 1.165) is 22.3 Å². The topological polar surface area (TPSA) is 74.2 Å². The van der Waals surface area contributed by atoms with E-state index in [4.69, 9.17) is 35.7 Å². The van der Waals surface area contributed by atoms with Crippen LogP contribution in [0.4, 0.5) is 0 Å². The van der Waals surface area contributed by atoms with Gasteiger partial charge < -0.3 is 24.1 Å². The minimum Gasteiger partial charge on any atom is -0.493 e. The van der Waals surface area contributed by atoms with Crippen molar-refractivity contribution in [2.24, 2.45) is 0 Å². The number of hydrogen-bond acceptors (Lipinski definition) is 6. The number of benzene rings is 2. The van der Waals surface area contributed by atoms with Crippen molar-refractivity contribution < 1.29 is 28.8 Å². The molecule has 3 rings (SSSR count). The second kappa shape index (κ2) is 14.9. The van der Waals surface area contributed by atoms with Gasteiger partial charge in [-0.15, -0.1) is 0 Å². The maximum absolute atomic E-state index is 11.5. The van der Waals surface area contributed by atoms with Crippen LogP contribution in [0.25, 0.3) is 0 Å². The second-order valence-electron chi connectivity index (χ2n) is 9.24. The summed E-state index contributed by atoms with van der Waals surface area (Å²) in [5, 5.41) is 9.70. The van der Waals surface area contributed by atoms with Gasteiger partial charge in [0.15, 0.2) is 0 Å². The highest BCUT2D eigenvalue weighted by molar-refractivity contribution is 6.31. The number of aliphatic hydroxyl groups is 1. The molecule has 7 heteroatoms.